The van der Waals surface area contributed by atoms with E-state index in [0.29, 0.717) is 25.6 Å². The standard InChI is InChI=1S/C14H30NO6P/c1-12(2)7-5-8-19-9-6-10-20-22(17,18)21-11-14(16)15-13(3)4/h12-13H,5-11H2,1-4H3,(H,15,16)(H,17,18). The van der Waals surface area contributed by atoms with Gasteiger partial charge in [-0.2, -0.15) is 0 Å². The molecule has 0 bridgehead atoms. The van der Waals surface area contributed by atoms with E-state index in [4.69, 9.17) is 9.26 Å². The number of phosphoric acid groups is 1. The summed E-state index contributed by atoms with van der Waals surface area (Å²) in [5, 5.41) is 2.55. The van der Waals surface area contributed by atoms with Crippen molar-refractivity contribution in [3.05, 3.63) is 0 Å². The fourth-order valence-electron chi connectivity index (χ4n) is 1.58. The van der Waals surface area contributed by atoms with Crippen LogP contribution in [0.5, 0.6) is 0 Å². The molecule has 0 aromatic carbocycles. The maximum Gasteiger partial charge on any atom is 0.472 e. The van der Waals surface area contributed by atoms with Gasteiger partial charge in [-0.25, -0.2) is 4.57 Å². The molecule has 0 saturated carbocycles. The Kier molecular flexibility index (Phi) is 11.8. The van der Waals surface area contributed by atoms with Crippen LogP contribution >= 0.6 is 7.82 Å². The molecule has 8 heteroatoms. The first-order chi connectivity index (χ1) is 10.2. The molecule has 0 aliphatic heterocycles. The van der Waals surface area contributed by atoms with Crippen LogP contribution in [-0.4, -0.2) is 43.3 Å². The van der Waals surface area contributed by atoms with E-state index in [-0.39, 0.29) is 12.6 Å². The minimum absolute atomic E-state index is 0.0454. The summed E-state index contributed by atoms with van der Waals surface area (Å²) in [6.45, 7) is 8.58. The van der Waals surface area contributed by atoms with E-state index in [9.17, 15) is 14.3 Å². The molecular formula is C14H30NO6P. The Hall–Kier alpha value is -0.460. The lowest BCUT2D eigenvalue weighted by atomic mass is 10.1. The van der Waals surface area contributed by atoms with Crippen molar-refractivity contribution in [3.63, 3.8) is 0 Å². The lowest BCUT2D eigenvalue weighted by Gasteiger charge is -2.13. The van der Waals surface area contributed by atoms with Crippen molar-refractivity contribution in [2.24, 2.45) is 5.92 Å². The van der Waals surface area contributed by atoms with E-state index in [0.717, 1.165) is 12.8 Å². The topological polar surface area (TPSA) is 94.1 Å². The highest BCUT2D eigenvalue weighted by atomic mass is 31.2. The van der Waals surface area contributed by atoms with Crippen molar-refractivity contribution in [2.75, 3.05) is 26.4 Å². The number of hydrogen-bond donors (Lipinski definition) is 2. The second kappa shape index (κ2) is 12.0. The van der Waals surface area contributed by atoms with Crippen molar-refractivity contribution in [3.8, 4) is 0 Å². The molecule has 0 aromatic rings. The zero-order valence-corrected chi connectivity index (χ0v) is 14.9. The van der Waals surface area contributed by atoms with E-state index in [1.54, 1.807) is 13.8 Å². The quantitative estimate of drug-likeness (QED) is 0.395. The molecule has 0 spiro atoms. The average molecular weight is 339 g/mol. The third-order valence-electron chi connectivity index (χ3n) is 2.57. The van der Waals surface area contributed by atoms with Crippen molar-refractivity contribution >= 4 is 13.7 Å². The molecule has 0 fully saturated rings. The van der Waals surface area contributed by atoms with Gasteiger partial charge in [0.1, 0.15) is 6.61 Å². The molecule has 22 heavy (non-hydrogen) atoms. The van der Waals surface area contributed by atoms with Crippen LogP contribution in [0.1, 0.15) is 47.0 Å². The Balaban J connectivity index is 3.59. The normalized spacial score (nSPS) is 14.3. The molecule has 1 amide bonds. The Bertz CT molecular complexity index is 348. The smallest absolute Gasteiger partial charge is 0.381 e. The van der Waals surface area contributed by atoms with Crippen LogP contribution in [0.3, 0.4) is 0 Å². The molecule has 132 valence electrons. The van der Waals surface area contributed by atoms with Crippen molar-refractivity contribution < 1.29 is 28.0 Å². The summed E-state index contributed by atoms with van der Waals surface area (Å²) in [6.07, 6.45) is 2.62. The van der Waals surface area contributed by atoms with Crippen LogP contribution in [0, 0.1) is 5.92 Å². The number of rotatable bonds is 13. The highest BCUT2D eigenvalue weighted by Crippen LogP contribution is 2.42. The minimum atomic E-state index is -4.18. The molecule has 0 aromatic heterocycles. The second-order valence-electron chi connectivity index (χ2n) is 5.80. The van der Waals surface area contributed by atoms with Gasteiger partial charge in [-0.15, -0.1) is 0 Å². The largest absolute Gasteiger partial charge is 0.472 e. The maximum absolute atomic E-state index is 11.5. The molecule has 1 unspecified atom stereocenters. The van der Waals surface area contributed by atoms with Crippen LogP contribution in [0.15, 0.2) is 0 Å². The Morgan fingerprint density at radius 2 is 1.73 bits per heavy atom. The summed E-state index contributed by atoms with van der Waals surface area (Å²) >= 11 is 0. The van der Waals surface area contributed by atoms with Crippen LogP contribution in [0.2, 0.25) is 0 Å². The van der Waals surface area contributed by atoms with Crippen LogP contribution in [0.25, 0.3) is 0 Å². The van der Waals surface area contributed by atoms with Gasteiger partial charge in [0, 0.05) is 19.3 Å². The predicted molar refractivity (Wildman–Crippen MR) is 84.5 cm³/mol. The van der Waals surface area contributed by atoms with E-state index in [1.807, 2.05) is 0 Å². The molecule has 0 aliphatic carbocycles. The highest BCUT2D eigenvalue weighted by Gasteiger charge is 2.22. The van der Waals surface area contributed by atoms with E-state index < -0.39 is 20.3 Å². The molecule has 0 heterocycles. The first kappa shape index (κ1) is 21.5. The Morgan fingerprint density at radius 3 is 2.32 bits per heavy atom. The van der Waals surface area contributed by atoms with Crippen molar-refractivity contribution in [2.45, 2.75) is 53.0 Å². The maximum atomic E-state index is 11.5. The summed E-state index contributed by atoms with van der Waals surface area (Å²) < 4.78 is 26.2. The summed E-state index contributed by atoms with van der Waals surface area (Å²) in [7, 11) is -4.18. The number of nitrogens with one attached hydrogen (secondary N) is 1. The van der Waals surface area contributed by atoms with Gasteiger partial charge in [0.05, 0.1) is 6.61 Å². The van der Waals surface area contributed by atoms with Gasteiger partial charge >= 0.3 is 7.82 Å². The summed E-state index contributed by atoms with van der Waals surface area (Å²) in [4.78, 5) is 20.7. The zero-order valence-electron chi connectivity index (χ0n) is 14.0. The first-order valence-electron chi connectivity index (χ1n) is 7.72. The van der Waals surface area contributed by atoms with Crippen LogP contribution in [0.4, 0.5) is 0 Å². The third-order valence-corrected chi connectivity index (χ3v) is 3.53. The predicted octanol–water partition coefficient (Wildman–Crippen LogP) is 2.49. The van der Waals surface area contributed by atoms with Gasteiger partial charge in [0.25, 0.3) is 0 Å². The second-order valence-corrected chi connectivity index (χ2v) is 7.25. The lowest BCUT2D eigenvalue weighted by Crippen LogP contribution is -2.33. The van der Waals surface area contributed by atoms with E-state index in [1.165, 1.54) is 0 Å². The monoisotopic (exact) mass is 339 g/mol. The third kappa shape index (κ3) is 14.5. The van der Waals surface area contributed by atoms with Crippen molar-refractivity contribution in [1.29, 1.82) is 0 Å². The highest BCUT2D eigenvalue weighted by molar-refractivity contribution is 7.47. The molecule has 0 radical (unpaired) electrons. The van der Waals surface area contributed by atoms with E-state index >= 15 is 0 Å². The average Bonchev–Trinajstić information content (AvgIpc) is 2.38. The summed E-state index contributed by atoms with van der Waals surface area (Å²) in [6, 6.07) is -0.0528. The fourth-order valence-corrected chi connectivity index (χ4v) is 2.29. The number of amides is 1. The van der Waals surface area contributed by atoms with Gasteiger partial charge in [0.2, 0.25) is 5.91 Å². The molecular weight excluding hydrogens is 309 g/mol. The van der Waals surface area contributed by atoms with E-state index in [2.05, 4.69) is 23.7 Å². The summed E-state index contributed by atoms with van der Waals surface area (Å²) in [5.41, 5.74) is 0. The van der Waals surface area contributed by atoms with Gasteiger partial charge < -0.3 is 14.9 Å². The Labute approximate surface area is 133 Å². The number of ether oxygens (including phenoxy) is 1. The SMILES string of the molecule is CC(C)CCCOCCCOP(=O)(O)OCC(=O)NC(C)C. The number of phosphoric ester groups is 1. The molecule has 0 aliphatic rings. The van der Waals surface area contributed by atoms with Crippen molar-refractivity contribution in [1.82, 2.24) is 5.32 Å². The van der Waals surface area contributed by atoms with Gasteiger partial charge in [-0.3, -0.25) is 13.8 Å². The van der Waals surface area contributed by atoms with Gasteiger partial charge in [0.15, 0.2) is 0 Å². The number of carbonyl (C=O) groups is 1. The first-order valence-corrected chi connectivity index (χ1v) is 9.21. The minimum Gasteiger partial charge on any atom is -0.381 e. The van der Waals surface area contributed by atoms with Gasteiger partial charge in [-0.05, 0) is 39.0 Å². The zero-order chi connectivity index (χ0) is 17.0. The molecule has 0 rings (SSSR count). The van der Waals surface area contributed by atoms with Crippen LogP contribution in [-0.2, 0) is 23.1 Å². The number of carbonyl (C=O) groups excluding carboxylic acids is 1. The molecule has 0 saturated heterocycles. The molecule has 1 atom stereocenters. The summed E-state index contributed by atoms with van der Waals surface area (Å²) in [5.74, 6) is 0.207. The molecule has 7 nitrogen and oxygen atoms in total. The van der Waals surface area contributed by atoms with Gasteiger partial charge in [-0.1, -0.05) is 13.8 Å². The number of hydrogen-bond acceptors (Lipinski definition) is 5. The lowest BCUT2D eigenvalue weighted by molar-refractivity contribution is -0.124. The fraction of sp³-hybridized carbons (Fsp3) is 0.929. The Morgan fingerprint density at radius 1 is 1.09 bits per heavy atom. The molecule has 2 N–H and O–H groups in total. The van der Waals surface area contributed by atoms with Crippen LogP contribution < -0.4 is 5.32 Å².